The normalized spacial score (nSPS) is 16.2. The molecule has 1 amide bonds. The summed E-state index contributed by atoms with van der Waals surface area (Å²) in [5.41, 5.74) is 0.825. The summed E-state index contributed by atoms with van der Waals surface area (Å²) in [6.07, 6.45) is 2.24. The second kappa shape index (κ2) is 10.1. The Bertz CT molecular complexity index is 1120. The molecule has 0 aromatic heterocycles. The number of benzene rings is 2. The summed E-state index contributed by atoms with van der Waals surface area (Å²) in [6, 6.07) is 8.55. The number of amides is 1. The molecule has 11 heteroatoms. The van der Waals surface area contributed by atoms with Gasteiger partial charge in [0.2, 0.25) is 22.7 Å². The van der Waals surface area contributed by atoms with E-state index in [0.29, 0.717) is 48.4 Å². The van der Waals surface area contributed by atoms with Crippen molar-refractivity contribution in [3.63, 3.8) is 0 Å². The number of fused-ring (bicyclic) bond motifs is 2. The van der Waals surface area contributed by atoms with Gasteiger partial charge < -0.3 is 24.3 Å². The minimum Gasteiger partial charge on any atom is -0.486 e. The smallest absolute Gasteiger partial charge is 0.241 e. The van der Waals surface area contributed by atoms with E-state index in [2.05, 4.69) is 10.0 Å². The zero-order valence-corrected chi connectivity index (χ0v) is 20.0. The van der Waals surface area contributed by atoms with Crippen LogP contribution in [0.4, 0.5) is 0 Å². The number of carbonyl (C=O) groups excluding carboxylic acids is 1. The van der Waals surface area contributed by atoms with Crippen LogP contribution in [0.1, 0.15) is 24.9 Å². The van der Waals surface area contributed by atoms with Gasteiger partial charge in [0.1, 0.15) is 19.3 Å². The van der Waals surface area contributed by atoms with Crippen LogP contribution in [-0.4, -0.2) is 52.4 Å². The molecule has 0 aliphatic carbocycles. The lowest BCUT2D eigenvalue weighted by molar-refractivity contribution is -0.123. The molecule has 9 nitrogen and oxygen atoms in total. The first-order chi connectivity index (χ1) is 15.9. The van der Waals surface area contributed by atoms with Gasteiger partial charge in [-0.3, -0.25) is 4.79 Å². The Labute approximate surface area is 197 Å². The molecule has 2 aromatic rings. The van der Waals surface area contributed by atoms with Crippen molar-refractivity contribution in [3.05, 3.63) is 42.0 Å². The molecule has 2 aromatic carbocycles. The highest BCUT2D eigenvalue weighted by atomic mass is 32.2. The van der Waals surface area contributed by atoms with Crippen molar-refractivity contribution in [2.75, 3.05) is 32.0 Å². The Morgan fingerprint density at radius 3 is 2.45 bits per heavy atom. The van der Waals surface area contributed by atoms with Crippen molar-refractivity contribution in [1.29, 1.82) is 0 Å². The van der Waals surface area contributed by atoms with Crippen molar-refractivity contribution >= 4 is 27.7 Å². The fourth-order valence-electron chi connectivity index (χ4n) is 3.51. The van der Waals surface area contributed by atoms with E-state index >= 15 is 0 Å². The Hall–Kier alpha value is -2.63. The van der Waals surface area contributed by atoms with Crippen LogP contribution in [0.5, 0.6) is 23.0 Å². The summed E-state index contributed by atoms with van der Waals surface area (Å²) in [5, 5.41) is 2.90. The van der Waals surface area contributed by atoms with Gasteiger partial charge in [0.25, 0.3) is 0 Å². The van der Waals surface area contributed by atoms with Gasteiger partial charge in [-0.25, -0.2) is 8.42 Å². The molecule has 0 bridgehead atoms. The Balaban J connectivity index is 1.48. The van der Waals surface area contributed by atoms with Crippen molar-refractivity contribution in [1.82, 2.24) is 10.0 Å². The first-order valence-electron chi connectivity index (χ1n) is 10.5. The molecule has 2 aliphatic heterocycles. The average molecular weight is 495 g/mol. The third kappa shape index (κ3) is 5.48. The quantitative estimate of drug-likeness (QED) is 0.547. The van der Waals surface area contributed by atoms with Gasteiger partial charge in [0.05, 0.1) is 10.9 Å². The highest BCUT2D eigenvalue weighted by Crippen LogP contribution is 2.34. The lowest BCUT2D eigenvalue weighted by Gasteiger charge is -2.22. The molecule has 33 heavy (non-hydrogen) atoms. The van der Waals surface area contributed by atoms with Crippen molar-refractivity contribution in [3.8, 4) is 23.0 Å². The third-order valence-corrected chi connectivity index (χ3v) is 7.42. The molecule has 2 aliphatic rings. The van der Waals surface area contributed by atoms with Gasteiger partial charge in [0.15, 0.2) is 23.0 Å². The van der Waals surface area contributed by atoms with Crippen molar-refractivity contribution in [2.45, 2.75) is 30.3 Å². The number of hydrogen-bond acceptors (Lipinski definition) is 8. The van der Waals surface area contributed by atoms with Crippen molar-refractivity contribution < 1.29 is 32.2 Å². The highest BCUT2D eigenvalue weighted by molar-refractivity contribution is 7.98. The lowest BCUT2D eigenvalue weighted by Crippen LogP contribution is -2.47. The van der Waals surface area contributed by atoms with E-state index in [1.807, 2.05) is 25.3 Å². The first-order valence-corrected chi connectivity index (χ1v) is 13.4. The fraction of sp³-hybridized carbons (Fsp3) is 0.409. The zero-order valence-electron chi connectivity index (χ0n) is 18.3. The van der Waals surface area contributed by atoms with Crippen LogP contribution in [0.15, 0.2) is 41.3 Å². The molecule has 2 N–H and O–H groups in total. The second-order valence-electron chi connectivity index (χ2n) is 7.60. The number of ether oxygens (including phenoxy) is 4. The SMILES string of the molecule is CSCCC(NS(=O)(=O)c1ccc2c(c1)OCCO2)C(=O)NC(C)c1ccc2c(c1)OCO2. The monoisotopic (exact) mass is 494 g/mol. The molecule has 0 saturated carbocycles. The molecular weight excluding hydrogens is 468 g/mol. The maximum absolute atomic E-state index is 13.1. The third-order valence-electron chi connectivity index (χ3n) is 5.30. The van der Waals surface area contributed by atoms with Crippen LogP contribution in [0, 0.1) is 0 Å². The van der Waals surface area contributed by atoms with E-state index in [9.17, 15) is 13.2 Å². The van der Waals surface area contributed by atoms with Crippen LogP contribution in [0.2, 0.25) is 0 Å². The van der Waals surface area contributed by atoms with E-state index in [1.54, 1.807) is 12.1 Å². The van der Waals surface area contributed by atoms with Gasteiger partial charge in [-0.05, 0) is 55.2 Å². The summed E-state index contributed by atoms with van der Waals surface area (Å²) in [6.45, 7) is 2.75. The van der Waals surface area contributed by atoms with E-state index in [-0.39, 0.29) is 17.7 Å². The second-order valence-corrected chi connectivity index (χ2v) is 10.3. The molecule has 2 atom stereocenters. The topological polar surface area (TPSA) is 112 Å². The number of nitrogens with one attached hydrogen (secondary N) is 2. The summed E-state index contributed by atoms with van der Waals surface area (Å²) >= 11 is 1.53. The number of sulfonamides is 1. The minimum absolute atomic E-state index is 0.0116. The van der Waals surface area contributed by atoms with Gasteiger partial charge >= 0.3 is 0 Å². The standard InChI is InChI=1S/C22H26N2O7S2/c1-14(15-3-5-19-20(11-15)31-13-30-19)23-22(25)17(7-10-32-2)24-33(26,27)16-4-6-18-21(12-16)29-9-8-28-18/h3-6,11-12,14,17,24H,7-10,13H2,1-2H3,(H,23,25). The van der Waals surface area contributed by atoms with Gasteiger partial charge in [-0.15, -0.1) is 0 Å². The Morgan fingerprint density at radius 1 is 1.00 bits per heavy atom. The molecule has 178 valence electrons. The molecule has 0 saturated heterocycles. The first kappa shape index (κ1) is 23.5. The molecule has 0 fully saturated rings. The predicted molar refractivity (Wildman–Crippen MR) is 124 cm³/mol. The Kier molecular flexibility index (Phi) is 7.20. The number of rotatable bonds is 9. The van der Waals surface area contributed by atoms with Gasteiger partial charge in [-0.1, -0.05) is 6.07 Å². The molecular formula is C22H26N2O7S2. The summed E-state index contributed by atoms with van der Waals surface area (Å²) in [4.78, 5) is 13.1. The highest BCUT2D eigenvalue weighted by Gasteiger charge is 2.28. The predicted octanol–water partition coefficient (Wildman–Crippen LogP) is 2.46. The van der Waals surface area contributed by atoms with E-state index < -0.39 is 22.0 Å². The largest absolute Gasteiger partial charge is 0.486 e. The number of hydrogen-bond donors (Lipinski definition) is 2. The molecule has 0 radical (unpaired) electrons. The summed E-state index contributed by atoms with van der Waals surface area (Å²) in [5.74, 6) is 2.34. The summed E-state index contributed by atoms with van der Waals surface area (Å²) < 4.78 is 50.3. The van der Waals surface area contributed by atoms with Crippen LogP contribution in [0.25, 0.3) is 0 Å². The van der Waals surface area contributed by atoms with E-state index in [1.165, 1.54) is 23.9 Å². The molecule has 2 unspecified atom stereocenters. The zero-order chi connectivity index (χ0) is 23.4. The van der Waals surface area contributed by atoms with Crippen LogP contribution >= 0.6 is 11.8 Å². The average Bonchev–Trinajstić information content (AvgIpc) is 3.29. The Morgan fingerprint density at radius 2 is 1.67 bits per heavy atom. The van der Waals surface area contributed by atoms with Crippen LogP contribution in [-0.2, 0) is 14.8 Å². The van der Waals surface area contributed by atoms with Crippen LogP contribution in [0.3, 0.4) is 0 Å². The van der Waals surface area contributed by atoms with E-state index in [0.717, 1.165) is 5.56 Å². The van der Waals surface area contributed by atoms with Crippen LogP contribution < -0.4 is 29.0 Å². The fourth-order valence-corrected chi connectivity index (χ4v) is 5.22. The lowest BCUT2D eigenvalue weighted by atomic mass is 10.1. The maximum atomic E-state index is 13.1. The molecule has 2 heterocycles. The number of carbonyl (C=O) groups is 1. The molecule has 4 rings (SSSR count). The van der Waals surface area contributed by atoms with Crippen molar-refractivity contribution in [2.24, 2.45) is 0 Å². The summed E-state index contributed by atoms with van der Waals surface area (Å²) in [7, 11) is -3.97. The minimum atomic E-state index is -3.97. The van der Waals surface area contributed by atoms with E-state index in [4.69, 9.17) is 18.9 Å². The number of thioether (sulfide) groups is 1. The van der Waals surface area contributed by atoms with Gasteiger partial charge in [-0.2, -0.15) is 16.5 Å². The van der Waals surface area contributed by atoms with Gasteiger partial charge in [0, 0.05) is 6.07 Å². The maximum Gasteiger partial charge on any atom is 0.241 e. The molecule has 0 spiro atoms.